The zero-order chi connectivity index (χ0) is 9.68. The summed E-state index contributed by atoms with van der Waals surface area (Å²) in [6.07, 6.45) is 0.922. The van der Waals surface area contributed by atoms with E-state index in [1.807, 2.05) is 7.05 Å². The first-order valence-corrected chi connectivity index (χ1v) is 4.30. The molecule has 0 saturated heterocycles. The van der Waals surface area contributed by atoms with E-state index < -0.39 is 0 Å². The van der Waals surface area contributed by atoms with Crippen LogP contribution in [0.3, 0.4) is 0 Å². The van der Waals surface area contributed by atoms with E-state index in [1.165, 1.54) is 0 Å². The Hall–Kier alpha value is -0.940. The van der Waals surface area contributed by atoms with Crippen LogP contribution in [0.1, 0.15) is 31.2 Å². The molecule has 1 aromatic rings. The second-order valence-electron chi connectivity index (χ2n) is 2.72. The highest BCUT2D eigenvalue weighted by Gasteiger charge is 2.14. The number of rotatable bonds is 5. The van der Waals surface area contributed by atoms with Gasteiger partial charge < -0.3 is 14.5 Å². The molecule has 0 aliphatic carbocycles. The van der Waals surface area contributed by atoms with E-state index in [0.717, 1.165) is 6.42 Å². The van der Waals surface area contributed by atoms with Gasteiger partial charge in [0.2, 0.25) is 11.8 Å². The molecule has 1 aromatic heterocycles. The van der Waals surface area contributed by atoms with Gasteiger partial charge in [0, 0.05) is 7.11 Å². The minimum absolute atomic E-state index is 0.137. The van der Waals surface area contributed by atoms with Gasteiger partial charge in [0.1, 0.15) is 6.61 Å². The van der Waals surface area contributed by atoms with Crippen LogP contribution in [0.5, 0.6) is 0 Å². The SMILES string of the molecule is CCC(NC)c1nnc(COC)o1. The van der Waals surface area contributed by atoms with Crippen molar-refractivity contribution in [2.24, 2.45) is 0 Å². The molecule has 1 atom stereocenters. The summed E-state index contributed by atoms with van der Waals surface area (Å²) in [5.74, 6) is 1.14. The van der Waals surface area contributed by atoms with E-state index in [-0.39, 0.29) is 6.04 Å². The molecule has 1 unspecified atom stereocenters. The van der Waals surface area contributed by atoms with Crippen molar-refractivity contribution < 1.29 is 9.15 Å². The zero-order valence-electron chi connectivity index (χ0n) is 8.20. The van der Waals surface area contributed by atoms with E-state index in [9.17, 15) is 0 Å². The van der Waals surface area contributed by atoms with E-state index in [0.29, 0.717) is 18.4 Å². The Bertz CT molecular complexity index is 245. The van der Waals surface area contributed by atoms with Crippen LogP contribution in [0.2, 0.25) is 0 Å². The van der Waals surface area contributed by atoms with E-state index in [2.05, 4.69) is 22.4 Å². The summed E-state index contributed by atoms with van der Waals surface area (Å²) in [5.41, 5.74) is 0. The quantitative estimate of drug-likeness (QED) is 0.738. The van der Waals surface area contributed by atoms with E-state index >= 15 is 0 Å². The lowest BCUT2D eigenvalue weighted by molar-refractivity contribution is 0.156. The lowest BCUT2D eigenvalue weighted by Crippen LogP contribution is -2.15. The number of methoxy groups -OCH3 is 1. The van der Waals surface area contributed by atoms with Gasteiger partial charge in [-0.3, -0.25) is 0 Å². The predicted octanol–water partition coefficient (Wildman–Crippen LogP) is 0.886. The number of ether oxygens (including phenoxy) is 1. The summed E-state index contributed by atoms with van der Waals surface area (Å²) in [6.45, 7) is 2.43. The van der Waals surface area contributed by atoms with Gasteiger partial charge in [-0.1, -0.05) is 6.92 Å². The van der Waals surface area contributed by atoms with Crippen LogP contribution in [0.25, 0.3) is 0 Å². The standard InChI is InChI=1S/C8H15N3O2/c1-4-6(9-2)8-11-10-7(13-8)5-12-3/h6,9H,4-5H2,1-3H3. The molecule has 1 rings (SSSR count). The highest BCUT2D eigenvalue weighted by atomic mass is 16.5. The van der Waals surface area contributed by atoms with Crippen molar-refractivity contribution >= 4 is 0 Å². The van der Waals surface area contributed by atoms with Gasteiger partial charge in [-0.2, -0.15) is 0 Å². The molecule has 1 N–H and O–H groups in total. The Balaban J connectivity index is 2.66. The lowest BCUT2D eigenvalue weighted by Gasteiger charge is -2.06. The fourth-order valence-corrected chi connectivity index (χ4v) is 1.09. The monoisotopic (exact) mass is 185 g/mol. The van der Waals surface area contributed by atoms with Crippen molar-refractivity contribution in [3.63, 3.8) is 0 Å². The molecule has 0 amide bonds. The normalized spacial score (nSPS) is 13.2. The Morgan fingerprint density at radius 3 is 2.85 bits per heavy atom. The maximum atomic E-state index is 5.36. The molecular weight excluding hydrogens is 170 g/mol. The van der Waals surface area contributed by atoms with Crippen LogP contribution in [0, 0.1) is 0 Å². The highest BCUT2D eigenvalue weighted by Crippen LogP contribution is 2.14. The van der Waals surface area contributed by atoms with Gasteiger partial charge in [-0.25, -0.2) is 0 Å². The Labute approximate surface area is 77.5 Å². The second kappa shape index (κ2) is 4.94. The van der Waals surface area contributed by atoms with Gasteiger partial charge in [0.15, 0.2) is 0 Å². The molecular formula is C8H15N3O2. The van der Waals surface area contributed by atoms with Crippen LogP contribution in [0.15, 0.2) is 4.42 Å². The maximum Gasteiger partial charge on any atom is 0.242 e. The summed E-state index contributed by atoms with van der Waals surface area (Å²) < 4.78 is 10.2. The number of nitrogens with one attached hydrogen (secondary N) is 1. The zero-order valence-corrected chi connectivity index (χ0v) is 8.20. The third-order valence-corrected chi connectivity index (χ3v) is 1.81. The number of nitrogens with zero attached hydrogens (tertiary/aromatic N) is 2. The first-order chi connectivity index (χ1) is 6.31. The first-order valence-electron chi connectivity index (χ1n) is 4.30. The van der Waals surface area contributed by atoms with Gasteiger partial charge >= 0.3 is 0 Å². The van der Waals surface area contributed by atoms with Crippen molar-refractivity contribution in [1.82, 2.24) is 15.5 Å². The molecule has 0 saturated carbocycles. The molecule has 74 valence electrons. The number of hydrogen-bond acceptors (Lipinski definition) is 5. The molecule has 0 aliphatic heterocycles. The Kier molecular flexibility index (Phi) is 3.85. The molecule has 13 heavy (non-hydrogen) atoms. The fourth-order valence-electron chi connectivity index (χ4n) is 1.09. The maximum absolute atomic E-state index is 5.36. The third-order valence-electron chi connectivity index (χ3n) is 1.81. The fraction of sp³-hybridized carbons (Fsp3) is 0.750. The van der Waals surface area contributed by atoms with Crippen molar-refractivity contribution in [3.05, 3.63) is 11.8 Å². The summed E-state index contributed by atoms with van der Waals surface area (Å²) in [4.78, 5) is 0. The van der Waals surface area contributed by atoms with Crippen molar-refractivity contribution in [1.29, 1.82) is 0 Å². The summed E-state index contributed by atoms with van der Waals surface area (Å²) in [5, 5.41) is 10.8. The minimum atomic E-state index is 0.137. The third kappa shape index (κ3) is 2.50. The van der Waals surface area contributed by atoms with Gasteiger partial charge in [0.25, 0.3) is 0 Å². The van der Waals surface area contributed by atoms with E-state index in [4.69, 9.17) is 9.15 Å². The molecule has 0 spiro atoms. The van der Waals surface area contributed by atoms with Crippen molar-refractivity contribution in [2.45, 2.75) is 26.0 Å². The van der Waals surface area contributed by atoms with Crippen LogP contribution in [-0.2, 0) is 11.3 Å². The average molecular weight is 185 g/mol. The summed E-state index contributed by atoms with van der Waals surface area (Å²) >= 11 is 0. The first kappa shape index (κ1) is 10.1. The van der Waals surface area contributed by atoms with E-state index in [1.54, 1.807) is 7.11 Å². The number of hydrogen-bond donors (Lipinski definition) is 1. The largest absolute Gasteiger partial charge is 0.421 e. The topological polar surface area (TPSA) is 60.2 Å². The van der Waals surface area contributed by atoms with Gasteiger partial charge in [0.05, 0.1) is 6.04 Å². The van der Waals surface area contributed by atoms with Crippen molar-refractivity contribution in [2.75, 3.05) is 14.2 Å². The Morgan fingerprint density at radius 2 is 2.31 bits per heavy atom. The molecule has 1 heterocycles. The smallest absolute Gasteiger partial charge is 0.242 e. The van der Waals surface area contributed by atoms with Crippen LogP contribution >= 0.6 is 0 Å². The van der Waals surface area contributed by atoms with Crippen LogP contribution < -0.4 is 5.32 Å². The van der Waals surface area contributed by atoms with Gasteiger partial charge in [-0.15, -0.1) is 10.2 Å². The number of aromatic nitrogens is 2. The molecule has 0 aliphatic rings. The highest BCUT2D eigenvalue weighted by molar-refractivity contribution is 4.88. The molecule has 0 radical (unpaired) electrons. The molecule has 0 fully saturated rings. The van der Waals surface area contributed by atoms with Crippen LogP contribution in [-0.4, -0.2) is 24.4 Å². The minimum Gasteiger partial charge on any atom is -0.421 e. The average Bonchev–Trinajstić information content (AvgIpc) is 2.56. The molecule has 5 nitrogen and oxygen atoms in total. The lowest BCUT2D eigenvalue weighted by atomic mass is 10.2. The molecule has 0 bridgehead atoms. The summed E-state index contributed by atoms with van der Waals surface area (Å²) in [6, 6.07) is 0.137. The Morgan fingerprint density at radius 1 is 1.54 bits per heavy atom. The molecule has 5 heteroatoms. The van der Waals surface area contributed by atoms with Crippen LogP contribution in [0.4, 0.5) is 0 Å². The summed E-state index contributed by atoms with van der Waals surface area (Å²) in [7, 11) is 3.47. The van der Waals surface area contributed by atoms with Crippen molar-refractivity contribution in [3.8, 4) is 0 Å². The molecule has 0 aromatic carbocycles. The van der Waals surface area contributed by atoms with Gasteiger partial charge in [-0.05, 0) is 13.5 Å². The second-order valence-corrected chi connectivity index (χ2v) is 2.72. The predicted molar refractivity (Wildman–Crippen MR) is 47.1 cm³/mol.